The average Bonchev–Trinajstić information content (AvgIpc) is 2.92. The number of amides is 2. The smallest absolute Gasteiger partial charge is 0.452 e. The molecule has 3 aromatic carbocycles. The second-order valence-electron chi connectivity index (χ2n) is 9.59. The molecule has 2 amide bonds. The van der Waals surface area contributed by atoms with Crippen molar-refractivity contribution in [3.05, 3.63) is 101 Å². The highest BCUT2D eigenvalue weighted by atomic mass is 35.5. The molecule has 212 valence electrons. The fourth-order valence-electron chi connectivity index (χ4n) is 4.31. The molecule has 0 spiro atoms. The molecule has 0 bridgehead atoms. The van der Waals surface area contributed by atoms with Gasteiger partial charge in [-0.1, -0.05) is 80.0 Å². The zero-order valence-corrected chi connectivity index (χ0v) is 22.9. The van der Waals surface area contributed by atoms with Gasteiger partial charge in [0.2, 0.25) is 11.8 Å². The largest absolute Gasteiger partial charge is 0.497 e. The molecule has 6 nitrogen and oxygen atoms in total. The molecule has 3 rings (SSSR count). The monoisotopic (exact) mass is 574 g/mol. The second kappa shape index (κ2) is 13.5. The van der Waals surface area contributed by atoms with Crippen LogP contribution in [0, 0.1) is 5.92 Å². The summed E-state index contributed by atoms with van der Waals surface area (Å²) in [6.07, 6.45) is -5.23. The number of ketones is 1. The Morgan fingerprint density at radius 2 is 1.48 bits per heavy atom. The normalized spacial score (nSPS) is 13.7. The lowest BCUT2D eigenvalue weighted by Gasteiger charge is -2.26. The summed E-state index contributed by atoms with van der Waals surface area (Å²) in [7, 11) is 1.42. The van der Waals surface area contributed by atoms with E-state index in [-0.39, 0.29) is 12.0 Å². The first-order chi connectivity index (χ1) is 18.9. The van der Waals surface area contributed by atoms with Crippen LogP contribution in [0.25, 0.3) is 0 Å². The zero-order chi connectivity index (χ0) is 29.4. The van der Waals surface area contributed by atoms with Gasteiger partial charge in [-0.15, -0.1) is 0 Å². The maximum absolute atomic E-state index is 13.4. The molecule has 0 aliphatic carbocycles. The summed E-state index contributed by atoms with van der Waals surface area (Å²) < 4.78 is 44.9. The maximum Gasteiger partial charge on any atom is 0.452 e. The molecule has 0 saturated heterocycles. The summed E-state index contributed by atoms with van der Waals surface area (Å²) in [6.45, 7) is 2.78. The summed E-state index contributed by atoms with van der Waals surface area (Å²) in [5, 5.41) is 5.35. The van der Waals surface area contributed by atoms with Crippen molar-refractivity contribution in [3.8, 4) is 5.75 Å². The van der Waals surface area contributed by atoms with Crippen molar-refractivity contribution in [2.75, 3.05) is 7.11 Å². The van der Waals surface area contributed by atoms with Gasteiger partial charge in [0.25, 0.3) is 5.78 Å². The predicted molar refractivity (Wildman–Crippen MR) is 146 cm³/mol. The van der Waals surface area contributed by atoms with Crippen molar-refractivity contribution in [2.45, 2.75) is 44.4 Å². The van der Waals surface area contributed by atoms with Crippen LogP contribution in [0.2, 0.25) is 5.02 Å². The van der Waals surface area contributed by atoms with Crippen LogP contribution >= 0.6 is 11.6 Å². The lowest BCUT2D eigenvalue weighted by atomic mass is 9.88. The third-order valence-corrected chi connectivity index (χ3v) is 6.60. The van der Waals surface area contributed by atoms with E-state index >= 15 is 0 Å². The number of nitrogens with one attached hydrogen (secondary N) is 2. The summed E-state index contributed by atoms with van der Waals surface area (Å²) in [5.41, 5.74) is 1.87. The average molecular weight is 575 g/mol. The Labute approximate surface area is 235 Å². The first-order valence-electron chi connectivity index (χ1n) is 12.6. The van der Waals surface area contributed by atoms with Crippen LogP contribution in [0.3, 0.4) is 0 Å². The molecule has 3 atom stereocenters. The summed E-state index contributed by atoms with van der Waals surface area (Å²) >= 11 is 6.21. The van der Waals surface area contributed by atoms with E-state index in [4.69, 9.17) is 16.3 Å². The van der Waals surface area contributed by atoms with Crippen LogP contribution < -0.4 is 15.4 Å². The van der Waals surface area contributed by atoms with E-state index in [1.807, 2.05) is 36.4 Å². The molecule has 0 saturated carbocycles. The highest BCUT2D eigenvalue weighted by molar-refractivity contribution is 6.30. The standard InChI is InChI=1S/C30H30ClF3N2O4/c1-18(2)26(28(38)30(32,33)34)36-29(39)27(21-12-8-14-23(16-21)40-3)35-25(37)17-24(19-9-5-4-6-10-19)20-11-7-13-22(31)15-20/h4-16,18,24,26-27H,17H2,1-3H3,(H,35,37)(H,36,39)/t24?,26-,27-/m0/s1. The minimum Gasteiger partial charge on any atom is -0.497 e. The Morgan fingerprint density at radius 1 is 0.850 bits per heavy atom. The molecule has 0 aromatic heterocycles. The Morgan fingerprint density at radius 3 is 2.08 bits per heavy atom. The highest BCUT2D eigenvalue weighted by Gasteiger charge is 2.45. The number of alkyl halides is 3. The third kappa shape index (κ3) is 8.08. The Hall–Kier alpha value is -3.85. The lowest BCUT2D eigenvalue weighted by Crippen LogP contribution is -2.52. The fraction of sp³-hybridized carbons (Fsp3) is 0.300. The number of ether oxygens (including phenoxy) is 1. The van der Waals surface area contributed by atoms with Gasteiger partial charge in [0.05, 0.1) is 13.2 Å². The van der Waals surface area contributed by atoms with Crippen LogP contribution in [0.4, 0.5) is 13.2 Å². The van der Waals surface area contributed by atoms with E-state index in [9.17, 15) is 27.6 Å². The van der Waals surface area contributed by atoms with E-state index in [0.717, 1.165) is 11.1 Å². The molecule has 3 aromatic rings. The summed E-state index contributed by atoms with van der Waals surface area (Å²) in [4.78, 5) is 38.9. The van der Waals surface area contributed by atoms with Gasteiger partial charge >= 0.3 is 6.18 Å². The van der Waals surface area contributed by atoms with Gasteiger partial charge in [-0.25, -0.2) is 0 Å². The number of hydrogen-bond donors (Lipinski definition) is 2. The van der Waals surface area contributed by atoms with E-state index in [1.54, 1.807) is 30.3 Å². The molecular weight excluding hydrogens is 545 g/mol. The minimum atomic E-state index is -5.14. The van der Waals surface area contributed by atoms with Gasteiger partial charge in [-0.05, 0) is 46.9 Å². The zero-order valence-electron chi connectivity index (χ0n) is 22.2. The number of benzene rings is 3. The highest BCUT2D eigenvalue weighted by Crippen LogP contribution is 2.30. The first-order valence-corrected chi connectivity index (χ1v) is 12.9. The van der Waals surface area contributed by atoms with Crippen molar-refractivity contribution in [3.63, 3.8) is 0 Å². The SMILES string of the molecule is COc1cccc([C@H](NC(=O)CC(c2ccccc2)c2cccc(Cl)c2)C(=O)N[C@H](C(=O)C(F)(F)F)C(C)C)c1. The van der Waals surface area contributed by atoms with Gasteiger partial charge in [-0.3, -0.25) is 14.4 Å². The molecule has 0 heterocycles. The molecule has 0 aliphatic rings. The van der Waals surface area contributed by atoms with Crippen LogP contribution in [-0.4, -0.2) is 36.9 Å². The number of carbonyl (C=O) groups excluding carboxylic acids is 3. The van der Waals surface area contributed by atoms with Crippen molar-refractivity contribution >= 4 is 29.2 Å². The fourth-order valence-corrected chi connectivity index (χ4v) is 4.51. The van der Waals surface area contributed by atoms with E-state index < -0.39 is 47.7 Å². The minimum absolute atomic E-state index is 0.0901. The van der Waals surface area contributed by atoms with Gasteiger partial charge in [0.1, 0.15) is 11.8 Å². The van der Waals surface area contributed by atoms with Crippen LogP contribution in [0.5, 0.6) is 5.75 Å². The molecule has 0 aliphatic heterocycles. The Balaban J connectivity index is 1.94. The quantitative estimate of drug-likeness (QED) is 0.294. The first kappa shape index (κ1) is 30.7. The molecule has 0 fully saturated rings. The van der Waals surface area contributed by atoms with Gasteiger partial charge in [0.15, 0.2) is 0 Å². The van der Waals surface area contributed by atoms with Crippen molar-refractivity contribution in [2.24, 2.45) is 5.92 Å². The van der Waals surface area contributed by atoms with Gasteiger partial charge in [0, 0.05) is 17.4 Å². The molecule has 1 unspecified atom stereocenters. The van der Waals surface area contributed by atoms with Crippen LogP contribution in [-0.2, 0) is 14.4 Å². The molecule has 2 N–H and O–H groups in total. The summed E-state index contributed by atoms with van der Waals surface area (Å²) in [5.74, 6) is -4.49. The van der Waals surface area contributed by atoms with Crippen LogP contribution in [0.15, 0.2) is 78.9 Å². The van der Waals surface area contributed by atoms with Gasteiger partial charge < -0.3 is 15.4 Å². The van der Waals surface area contributed by atoms with Crippen LogP contribution in [0.1, 0.15) is 48.9 Å². The Bertz CT molecular complexity index is 1330. The number of rotatable bonds is 11. The molecule has 10 heteroatoms. The topological polar surface area (TPSA) is 84.5 Å². The number of halogens is 4. The number of methoxy groups -OCH3 is 1. The van der Waals surface area contributed by atoms with E-state index in [2.05, 4.69) is 10.6 Å². The number of hydrogen-bond acceptors (Lipinski definition) is 4. The molecular formula is C30H30ClF3N2O4. The summed E-state index contributed by atoms with van der Waals surface area (Å²) in [6, 6.07) is 19.3. The lowest BCUT2D eigenvalue weighted by molar-refractivity contribution is -0.175. The van der Waals surface area contributed by atoms with Crippen molar-refractivity contribution in [1.82, 2.24) is 10.6 Å². The second-order valence-corrected chi connectivity index (χ2v) is 10.0. The number of Topliss-reactive ketones (excluding diaryl/α,β-unsaturated/α-hetero) is 1. The predicted octanol–water partition coefficient (Wildman–Crippen LogP) is 6.00. The molecule has 0 radical (unpaired) electrons. The Kier molecular flexibility index (Phi) is 10.3. The van der Waals surface area contributed by atoms with E-state index in [1.165, 1.54) is 33.1 Å². The van der Waals surface area contributed by atoms with E-state index in [0.29, 0.717) is 10.8 Å². The van der Waals surface area contributed by atoms with Gasteiger partial charge in [-0.2, -0.15) is 13.2 Å². The van der Waals surface area contributed by atoms with Crippen molar-refractivity contribution in [1.29, 1.82) is 0 Å². The van der Waals surface area contributed by atoms with Crippen molar-refractivity contribution < 1.29 is 32.3 Å². The number of carbonyl (C=O) groups is 3. The molecule has 40 heavy (non-hydrogen) atoms. The third-order valence-electron chi connectivity index (χ3n) is 6.36. The maximum atomic E-state index is 13.4.